The standard InChI is InChI=1S/C20H22FNO2/c1-15-6-8-16(9-7-15)20(10-12-24-13-11-20)14-22-19(23)17-4-2-3-5-18(17)21/h2-9H,10-14H2,1H3,(H,22,23). The number of ether oxygens (including phenoxy) is 1. The van der Waals surface area contributed by atoms with Crippen molar-refractivity contribution in [1.82, 2.24) is 5.32 Å². The largest absolute Gasteiger partial charge is 0.381 e. The number of carbonyl (C=O) groups is 1. The van der Waals surface area contributed by atoms with Gasteiger partial charge in [0.15, 0.2) is 0 Å². The van der Waals surface area contributed by atoms with Gasteiger partial charge in [-0.25, -0.2) is 4.39 Å². The molecule has 3 rings (SSSR count). The summed E-state index contributed by atoms with van der Waals surface area (Å²) in [7, 11) is 0. The predicted octanol–water partition coefficient (Wildman–Crippen LogP) is 3.61. The van der Waals surface area contributed by atoms with Crippen molar-refractivity contribution in [3.8, 4) is 0 Å². The van der Waals surface area contributed by atoms with Crippen LogP contribution in [0.2, 0.25) is 0 Å². The van der Waals surface area contributed by atoms with E-state index >= 15 is 0 Å². The third kappa shape index (κ3) is 3.49. The van der Waals surface area contributed by atoms with Crippen LogP contribution in [-0.4, -0.2) is 25.7 Å². The zero-order valence-electron chi connectivity index (χ0n) is 13.8. The molecule has 126 valence electrons. The molecule has 1 N–H and O–H groups in total. The molecule has 1 fully saturated rings. The quantitative estimate of drug-likeness (QED) is 0.931. The van der Waals surface area contributed by atoms with Gasteiger partial charge < -0.3 is 10.1 Å². The normalized spacial score (nSPS) is 16.6. The molecule has 1 saturated heterocycles. The Kier molecular flexibility index (Phi) is 4.95. The zero-order chi connectivity index (χ0) is 17.0. The summed E-state index contributed by atoms with van der Waals surface area (Å²) < 4.78 is 19.3. The van der Waals surface area contributed by atoms with Crippen molar-refractivity contribution in [2.75, 3.05) is 19.8 Å². The highest BCUT2D eigenvalue weighted by atomic mass is 19.1. The Bertz CT molecular complexity index is 706. The molecular formula is C20H22FNO2. The zero-order valence-corrected chi connectivity index (χ0v) is 13.8. The summed E-state index contributed by atoms with van der Waals surface area (Å²) in [6, 6.07) is 14.5. The van der Waals surface area contributed by atoms with Crippen LogP contribution in [0.15, 0.2) is 48.5 Å². The Morgan fingerprint density at radius 2 is 1.79 bits per heavy atom. The molecule has 1 aliphatic heterocycles. The highest BCUT2D eigenvalue weighted by Crippen LogP contribution is 2.34. The smallest absolute Gasteiger partial charge is 0.254 e. The number of benzene rings is 2. The first kappa shape index (κ1) is 16.7. The van der Waals surface area contributed by atoms with Crippen LogP contribution in [0.3, 0.4) is 0 Å². The van der Waals surface area contributed by atoms with Gasteiger partial charge >= 0.3 is 0 Å². The average molecular weight is 327 g/mol. The van der Waals surface area contributed by atoms with Gasteiger partial charge in [-0.1, -0.05) is 42.0 Å². The van der Waals surface area contributed by atoms with E-state index in [-0.39, 0.29) is 16.9 Å². The number of aryl methyl sites for hydroxylation is 1. The fourth-order valence-electron chi connectivity index (χ4n) is 3.23. The second kappa shape index (κ2) is 7.14. The fourth-order valence-corrected chi connectivity index (χ4v) is 3.23. The van der Waals surface area contributed by atoms with Gasteiger partial charge in [-0.3, -0.25) is 4.79 Å². The number of nitrogens with one attached hydrogen (secondary N) is 1. The molecule has 0 saturated carbocycles. The number of carbonyl (C=O) groups excluding carboxylic acids is 1. The molecule has 0 aromatic heterocycles. The SMILES string of the molecule is Cc1ccc(C2(CNC(=O)c3ccccc3F)CCOCC2)cc1. The van der Waals surface area contributed by atoms with Crippen LogP contribution >= 0.6 is 0 Å². The molecule has 2 aromatic rings. The summed E-state index contributed by atoms with van der Waals surface area (Å²) in [5, 5.41) is 2.93. The second-order valence-electron chi connectivity index (χ2n) is 6.42. The highest BCUT2D eigenvalue weighted by molar-refractivity contribution is 5.94. The van der Waals surface area contributed by atoms with Crippen molar-refractivity contribution >= 4 is 5.91 Å². The Labute approximate surface area is 141 Å². The first-order valence-electron chi connectivity index (χ1n) is 8.28. The van der Waals surface area contributed by atoms with Gasteiger partial charge in [0.1, 0.15) is 5.82 Å². The molecule has 0 atom stereocenters. The summed E-state index contributed by atoms with van der Waals surface area (Å²) in [6.07, 6.45) is 1.68. The number of rotatable bonds is 4. The minimum Gasteiger partial charge on any atom is -0.381 e. The lowest BCUT2D eigenvalue weighted by Crippen LogP contribution is -2.44. The maximum Gasteiger partial charge on any atom is 0.254 e. The first-order chi connectivity index (χ1) is 11.6. The van der Waals surface area contributed by atoms with Crippen LogP contribution in [0.25, 0.3) is 0 Å². The van der Waals surface area contributed by atoms with Crippen molar-refractivity contribution < 1.29 is 13.9 Å². The third-order valence-corrected chi connectivity index (χ3v) is 4.82. The number of hydrogen-bond donors (Lipinski definition) is 1. The van der Waals surface area contributed by atoms with Crippen molar-refractivity contribution in [3.63, 3.8) is 0 Å². The van der Waals surface area contributed by atoms with E-state index in [1.165, 1.54) is 23.3 Å². The molecule has 24 heavy (non-hydrogen) atoms. The van der Waals surface area contributed by atoms with Crippen molar-refractivity contribution in [3.05, 3.63) is 71.0 Å². The molecule has 0 radical (unpaired) electrons. The minimum absolute atomic E-state index is 0.0867. The van der Waals surface area contributed by atoms with E-state index < -0.39 is 5.82 Å². The number of hydrogen-bond acceptors (Lipinski definition) is 2. The molecule has 1 amide bonds. The van der Waals surface area contributed by atoms with Crippen molar-refractivity contribution in [1.29, 1.82) is 0 Å². The summed E-state index contributed by atoms with van der Waals surface area (Å²) in [5.74, 6) is -0.863. The maximum atomic E-state index is 13.8. The molecule has 0 unspecified atom stereocenters. The lowest BCUT2D eigenvalue weighted by molar-refractivity contribution is 0.0486. The van der Waals surface area contributed by atoms with Crippen LogP contribution in [0.1, 0.15) is 34.3 Å². The summed E-state index contributed by atoms with van der Waals surface area (Å²) in [4.78, 5) is 12.4. The van der Waals surface area contributed by atoms with Crippen molar-refractivity contribution in [2.45, 2.75) is 25.2 Å². The molecule has 1 aliphatic rings. The van der Waals surface area contributed by atoms with Gasteiger partial charge in [-0.2, -0.15) is 0 Å². The molecule has 3 nitrogen and oxygen atoms in total. The minimum atomic E-state index is -0.494. The van der Waals surface area contributed by atoms with Crippen LogP contribution in [0, 0.1) is 12.7 Å². The van der Waals surface area contributed by atoms with E-state index in [0.29, 0.717) is 19.8 Å². The van der Waals surface area contributed by atoms with Crippen LogP contribution in [-0.2, 0) is 10.2 Å². The van der Waals surface area contributed by atoms with Gasteiger partial charge in [0.2, 0.25) is 0 Å². The Morgan fingerprint density at radius 3 is 2.46 bits per heavy atom. The van der Waals surface area contributed by atoms with E-state index in [1.807, 2.05) is 0 Å². The maximum absolute atomic E-state index is 13.8. The third-order valence-electron chi connectivity index (χ3n) is 4.82. The second-order valence-corrected chi connectivity index (χ2v) is 6.42. The van der Waals surface area contributed by atoms with E-state index in [1.54, 1.807) is 12.1 Å². The molecular weight excluding hydrogens is 305 g/mol. The van der Waals surface area contributed by atoms with E-state index in [0.717, 1.165) is 12.8 Å². The van der Waals surface area contributed by atoms with Crippen molar-refractivity contribution in [2.24, 2.45) is 0 Å². The van der Waals surface area contributed by atoms with Crippen LogP contribution < -0.4 is 5.32 Å². The molecule has 0 aliphatic carbocycles. The summed E-state index contributed by atoms with van der Waals surface area (Å²) in [5.41, 5.74) is 2.33. The van der Waals surface area contributed by atoms with Gasteiger partial charge in [0.25, 0.3) is 5.91 Å². The number of amides is 1. The Morgan fingerprint density at radius 1 is 1.12 bits per heavy atom. The van der Waals surface area contributed by atoms with Gasteiger partial charge in [0, 0.05) is 25.2 Å². The van der Waals surface area contributed by atoms with Gasteiger partial charge in [0.05, 0.1) is 5.56 Å². The van der Waals surface area contributed by atoms with Crippen LogP contribution in [0.4, 0.5) is 4.39 Å². The molecule has 4 heteroatoms. The Hall–Kier alpha value is -2.20. The fraction of sp³-hybridized carbons (Fsp3) is 0.350. The van der Waals surface area contributed by atoms with Gasteiger partial charge in [-0.15, -0.1) is 0 Å². The summed E-state index contributed by atoms with van der Waals surface area (Å²) >= 11 is 0. The highest BCUT2D eigenvalue weighted by Gasteiger charge is 2.35. The molecule has 1 heterocycles. The van der Waals surface area contributed by atoms with Gasteiger partial charge in [-0.05, 0) is 37.5 Å². The van der Waals surface area contributed by atoms with Crippen LogP contribution in [0.5, 0.6) is 0 Å². The lowest BCUT2D eigenvalue weighted by atomic mass is 9.74. The topological polar surface area (TPSA) is 38.3 Å². The molecule has 0 spiro atoms. The first-order valence-corrected chi connectivity index (χ1v) is 8.28. The molecule has 0 bridgehead atoms. The predicted molar refractivity (Wildman–Crippen MR) is 91.6 cm³/mol. The van der Waals surface area contributed by atoms with E-state index in [2.05, 4.69) is 36.5 Å². The number of halogens is 1. The lowest BCUT2D eigenvalue weighted by Gasteiger charge is -2.38. The van der Waals surface area contributed by atoms with E-state index in [9.17, 15) is 9.18 Å². The average Bonchev–Trinajstić information content (AvgIpc) is 2.61. The van der Waals surface area contributed by atoms with E-state index in [4.69, 9.17) is 4.74 Å². The molecule has 2 aromatic carbocycles. The monoisotopic (exact) mass is 327 g/mol. The Balaban J connectivity index is 1.79. The summed E-state index contributed by atoms with van der Waals surface area (Å²) in [6.45, 7) is 3.87.